The highest BCUT2D eigenvalue weighted by Crippen LogP contribution is 2.19. The molecule has 0 aromatic rings. The number of ether oxygens (including phenoxy) is 3. The van der Waals surface area contributed by atoms with Gasteiger partial charge in [-0.3, -0.25) is 14.4 Å². The first-order valence-corrected chi connectivity index (χ1v) is 36.3. The van der Waals surface area contributed by atoms with Crippen LogP contribution >= 0.6 is 0 Å². The zero-order valence-corrected chi connectivity index (χ0v) is 55.0. The van der Waals surface area contributed by atoms with Gasteiger partial charge in [-0.05, 0) is 77.0 Å². The molecule has 1 unspecified atom stereocenters. The molecule has 0 aliphatic rings. The largest absolute Gasteiger partial charge is 0.462 e. The first-order chi connectivity index (χ1) is 40.5. The van der Waals surface area contributed by atoms with Gasteiger partial charge in [-0.2, -0.15) is 0 Å². The van der Waals surface area contributed by atoms with Crippen molar-refractivity contribution in [2.45, 2.75) is 393 Å². The Labute approximate surface area is 510 Å². The second kappa shape index (κ2) is 70.6. The Balaban J connectivity index is 4.14. The Morgan fingerprint density at radius 3 is 0.793 bits per heavy atom. The van der Waals surface area contributed by atoms with E-state index in [2.05, 4.69) is 81.5 Å². The van der Waals surface area contributed by atoms with Crippen LogP contribution in [0.3, 0.4) is 0 Å². The Hall–Kier alpha value is -2.89. The minimum absolute atomic E-state index is 0.0746. The van der Waals surface area contributed by atoms with Crippen LogP contribution in [-0.2, 0) is 28.6 Å². The summed E-state index contributed by atoms with van der Waals surface area (Å²) in [7, 11) is 0. The molecule has 0 spiro atoms. The molecule has 6 nitrogen and oxygen atoms in total. The number of esters is 3. The van der Waals surface area contributed by atoms with Gasteiger partial charge in [0, 0.05) is 19.3 Å². The number of carbonyl (C=O) groups is 3. The van der Waals surface area contributed by atoms with Gasteiger partial charge in [0.15, 0.2) is 6.10 Å². The fourth-order valence-electron chi connectivity index (χ4n) is 10.8. The summed E-state index contributed by atoms with van der Waals surface area (Å²) in [6, 6.07) is 0. The molecule has 6 heteroatoms. The molecule has 0 N–H and O–H groups in total. The minimum atomic E-state index is -0.780. The zero-order chi connectivity index (χ0) is 59.2. The standard InChI is InChI=1S/C76H138O6/c1-4-7-10-13-16-19-22-24-26-28-30-32-34-35-36-37-38-39-40-42-43-45-47-49-51-54-57-60-63-66-69-75(78)81-72-73(71-80-74(77)68-65-62-59-56-53-21-18-15-12-9-6-3)82-76(79)70-67-64-61-58-55-52-50-48-46-44-41-33-31-29-27-25-23-20-17-14-11-8-5-2/h8,11,15,17-18,20,25,27,31,33,73H,4-7,9-10,12-14,16,19,21-24,26,28-30,32,34-72H2,1-3H3/b11-8-,18-15-,20-17-,27-25-,33-31-. The van der Waals surface area contributed by atoms with Crippen LogP contribution in [-0.4, -0.2) is 37.2 Å². The van der Waals surface area contributed by atoms with Crippen LogP contribution in [0, 0.1) is 0 Å². The zero-order valence-electron chi connectivity index (χ0n) is 55.0. The fraction of sp³-hybridized carbons (Fsp3) is 0.829. The van der Waals surface area contributed by atoms with Crippen molar-refractivity contribution >= 4 is 17.9 Å². The molecule has 1 atom stereocenters. The lowest BCUT2D eigenvalue weighted by atomic mass is 10.0. The van der Waals surface area contributed by atoms with Crippen molar-refractivity contribution in [2.24, 2.45) is 0 Å². The van der Waals surface area contributed by atoms with Gasteiger partial charge in [-0.25, -0.2) is 0 Å². The molecule has 478 valence electrons. The molecule has 0 saturated carbocycles. The third-order valence-corrected chi connectivity index (χ3v) is 16.3. The summed E-state index contributed by atoms with van der Waals surface area (Å²) in [4.78, 5) is 38.4. The van der Waals surface area contributed by atoms with Crippen molar-refractivity contribution < 1.29 is 28.6 Å². The second-order valence-corrected chi connectivity index (χ2v) is 24.5. The molecule has 0 amide bonds. The summed E-state index contributed by atoms with van der Waals surface area (Å²) in [6.07, 6.45) is 91.3. The number of rotatable bonds is 67. The van der Waals surface area contributed by atoms with Crippen LogP contribution in [0.2, 0.25) is 0 Å². The van der Waals surface area contributed by atoms with E-state index < -0.39 is 6.10 Å². The molecule has 0 saturated heterocycles. The maximum Gasteiger partial charge on any atom is 0.306 e. The average molecular weight is 1150 g/mol. The smallest absolute Gasteiger partial charge is 0.306 e. The molecular formula is C76H138O6. The van der Waals surface area contributed by atoms with Crippen molar-refractivity contribution in [3.8, 4) is 0 Å². The van der Waals surface area contributed by atoms with Crippen LogP contribution in [0.1, 0.15) is 387 Å². The maximum atomic E-state index is 12.9. The van der Waals surface area contributed by atoms with Crippen LogP contribution in [0.5, 0.6) is 0 Å². The summed E-state index contributed by atoms with van der Waals surface area (Å²) >= 11 is 0. The number of allylic oxidation sites excluding steroid dienone is 10. The maximum absolute atomic E-state index is 12.9. The number of unbranched alkanes of at least 4 members (excludes halogenated alkanes) is 46. The van der Waals surface area contributed by atoms with Gasteiger partial charge in [0.25, 0.3) is 0 Å². The van der Waals surface area contributed by atoms with E-state index in [-0.39, 0.29) is 31.1 Å². The first-order valence-electron chi connectivity index (χ1n) is 36.3. The van der Waals surface area contributed by atoms with E-state index in [9.17, 15) is 14.4 Å². The Morgan fingerprint density at radius 1 is 0.256 bits per heavy atom. The van der Waals surface area contributed by atoms with Gasteiger partial charge >= 0.3 is 17.9 Å². The van der Waals surface area contributed by atoms with Gasteiger partial charge in [0.05, 0.1) is 0 Å². The third kappa shape index (κ3) is 67.9. The SMILES string of the molecule is CC/C=C\C/C=C\C/C=C\C/C=C\CCCCCCCCCCCCC(=O)OC(COC(=O)CCCCCCC/C=C\CCCC)COC(=O)CCCCCCCCCCCCCCCCCCCCCCCCCCCCCCCC. The van der Waals surface area contributed by atoms with E-state index in [1.165, 1.54) is 257 Å². The Kier molecular flexibility index (Phi) is 68.1. The highest BCUT2D eigenvalue weighted by atomic mass is 16.6. The number of hydrogen-bond donors (Lipinski definition) is 0. The summed E-state index contributed by atoms with van der Waals surface area (Å²) in [6.45, 7) is 6.54. The molecule has 0 aliphatic carbocycles. The van der Waals surface area contributed by atoms with E-state index in [0.29, 0.717) is 19.3 Å². The highest BCUT2D eigenvalue weighted by Gasteiger charge is 2.19. The summed E-state index contributed by atoms with van der Waals surface area (Å²) in [5, 5.41) is 0. The fourth-order valence-corrected chi connectivity index (χ4v) is 10.8. The molecule has 0 aromatic heterocycles. The minimum Gasteiger partial charge on any atom is -0.462 e. The summed E-state index contributed by atoms with van der Waals surface area (Å²) in [5.41, 5.74) is 0. The predicted molar refractivity (Wildman–Crippen MR) is 358 cm³/mol. The Bertz CT molecular complexity index is 1460. The molecule has 0 aliphatic heterocycles. The molecule has 0 heterocycles. The average Bonchev–Trinajstić information content (AvgIpc) is 3.48. The van der Waals surface area contributed by atoms with Crippen molar-refractivity contribution in [2.75, 3.05) is 13.2 Å². The summed E-state index contributed by atoms with van der Waals surface area (Å²) < 4.78 is 17.0. The van der Waals surface area contributed by atoms with Crippen LogP contribution in [0.4, 0.5) is 0 Å². The normalized spacial score (nSPS) is 12.4. The van der Waals surface area contributed by atoms with E-state index in [1.807, 2.05) is 0 Å². The van der Waals surface area contributed by atoms with E-state index in [4.69, 9.17) is 14.2 Å². The van der Waals surface area contributed by atoms with E-state index in [1.54, 1.807) is 0 Å². The number of carbonyl (C=O) groups excluding carboxylic acids is 3. The summed E-state index contributed by atoms with van der Waals surface area (Å²) in [5.74, 6) is -0.867. The van der Waals surface area contributed by atoms with Crippen LogP contribution in [0.15, 0.2) is 60.8 Å². The second-order valence-electron chi connectivity index (χ2n) is 24.5. The van der Waals surface area contributed by atoms with Gasteiger partial charge in [0.1, 0.15) is 13.2 Å². The lowest BCUT2D eigenvalue weighted by molar-refractivity contribution is -0.167. The van der Waals surface area contributed by atoms with Gasteiger partial charge in [0.2, 0.25) is 0 Å². The molecule has 0 radical (unpaired) electrons. The first kappa shape index (κ1) is 79.1. The monoisotopic (exact) mass is 1150 g/mol. The van der Waals surface area contributed by atoms with E-state index in [0.717, 1.165) is 89.9 Å². The topological polar surface area (TPSA) is 78.9 Å². The molecular weight excluding hydrogens is 1010 g/mol. The lowest BCUT2D eigenvalue weighted by Crippen LogP contribution is -2.30. The predicted octanol–water partition coefficient (Wildman–Crippen LogP) is 25.1. The highest BCUT2D eigenvalue weighted by molar-refractivity contribution is 5.71. The van der Waals surface area contributed by atoms with E-state index >= 15 is 0 Å². The Morgan fingerprint density at radius 2 is 0.488 bits per heavy atom. The van der Waals surface area contributed by atoms with Gasteiger partial charge in [-0.15, -0.1) is 0 Å². The van der Waals surface area contributed by atoms with Crippen molar-refractivity contribution in [1.29, 1.82) is 0 Å². The van der Waals surface area contributed by atoms with Gasteiger partial charge < -0.3 is 14.2 Å². The van der Waals surface area contributed by atoms with Crippen LogP contribution < -0.4 is 0 Å². The molecule has 0 aromatic carbocycles. The lowest BCUT2D eigenvalue weighted by Gasteiger charge is -2.18. The third-order valence-electron chi connectivity index (χ3n) is 16.3. The molecule has 0 fully saturated rings. The quantitative estimate of drug-likeness (QED) is 0.0261. The molecule has 82 heavy (non-hydrogen) atoms. The van der Waals surface area contributed by atoms with Gasteiger partial charge in [-0.1, -0.05) is 351 Å². The van der Waals surface area contributed by atoms with Crippen molar-refractivity contribution in [3.63, 3.8) is 0 Å². The van der Waals surface area contributed by atoms with Crippen molar-refractivity contribution in [3.05, 3.63) is 60.8 Å². The molecule has 0 rings (SSSR count). The van der Waals surface area contributed by atoms with Crippen molar-refractivity contribution in [1.82, 2.24) is 0 Å². The van der Waals surface area contributed by atoms with Crippen LogP contribution in [0.25, 0.3) is 0 Å². The number of hydrogen-bond acceptors (Lipinski definition) is 6. The molecule has 0 bridgehead atoms.